The normalized spacial score (nSPS) is 14.0. The van der Waals surface area contributed by atoms with Crippen molar-refractivity contribution in [2.75, 3.05) is 5.32 Å². The van der Waals surface area contributed by atoms with Gasteiger partial charge in [-0.1, -0.05) is 48.0 Å². The highest BCUT2D eigenvalue weighted by Gasteiger charge is 2.35. The Morgan fingerprint density at radius 1 is 1.10 bits per heavy atom. The van der Waals surface area contributed by atoms with Crippen molar-refractivity contribution in [3.8, 4) is 0 Å². The number of sulfonamides is 1. The summed E-state index contributed by atoms with van der Waals surface area (Å²) in [4.78, 5) is 12.7. The summed E-state index contributed by atoms with van der Waals surface area (Å²) >= 11 is 0. The van der Waals surface area contributed by atoms with Crippen molar-refractivity contribution < 1.29 is 13.2 Å². The van der Waals surface area contributed by atoms with Crippen LogP contribution in [-0.2, 0) is 34.3 Å². The minimum absolute atomic E-state index is 0.169. The first-order valence-electron chi connectivity index (χ1n) is 9.32. The average Bonchev–Trinajstić information content (AvgIpc) is 3.26. The van der Waals surface area contributed by atoms with E-state index in [1.807, 2.05) is 37.3 Å². The Balaban J connectivity index is 1.49. The molecule has 0 spiro atoms. The molecule has 3 aromatic rings. The van der Waals surface area contributed by atoms with Gasteiger partial charge < -0.3 is 5.32 Å². The van der Waals surface area contributed by atoms with Crippen LogP contribution in [0.3, 0.4) is 0 Å². The number of benzene rings is 2. The van der Waals surface area contributed by atoms with Crippen LogP contribution in [0.25, 0.3) is 0 Å². The highest BCUT2D eigenvalue weighted by atomic mass is 32.2. The first-order chi connectivity index (χ1) is 13.8. The van der Waals surface area contributed by atoms with E-state index < -0.39 is 10.0 Å². The van der Waals surface area contributed by atoms with Crippen LogP contribution in [0.5, 0.6) is 0 Å². The summed E-state index contributed by atoms with van der Waals surface area (Å²) in [6.45, 7) is 4.12. The Morgan fingerprint density at radius 3 is 2.55 bits per heavy atom. The van der Waals surface area contributed by atoms with Crippen LogP contribution < -0.4 is 5.32 Å². The maximum atomic E-state index is 13.0. The number of aromatic nitrogens is 2. The number of carbonyl (C=O) groups is 1. The number of H-pyrrole nitrogens is 1. The van der Waals surface area contributed by atoms with E-state index in [9.17, 15) is 13.2 Å². The van der Waals surface area contributed by atoms with Gasteiger partial charge in [-0.3, -0.25) is 9.89 Å². The molecule has 7 nitrogen and oxygen atoms in total. The number of amides is 1. The first-order valence-corrected chi connectivity index (χ1v) is 10.8. The van der Waals surface area contributed by atoms with Crippen LogP contribution in [-0.4, -0.2) is 28.8 Å². The molecule has 1 aliphatic heterocycles. The number of aromatic amines is 1. The van der Waals surface area contributed by atoms with Crippen molar-refractivity contribution in [1.29, 1.82) is 0 Å². The molecular formula is C21H22N4O3S. The van der Waals surface area contributed by atoms with Gasteiger partial charge in [0.25, 0.3) is 0 Å². The molecule has 4 rings (SSSR count). The van der Waals surface area contributed by atoms with Crippen molar-refractivity contribution in [2.24, 2.45) is 0 Å². The predicted octanol–water partition coefficient (Wildman–Crippen LogP) is 2.91. The van der Waals surface area contributed by atoms with Gasteiger partial charge in [-0.2, -0.15) is 9.40 Å². The van der Waals surface area contributed by atoms with Crippen LogP contribution in [0.2, 0.25) is 0 Å². The maximum absolute atomic E-state index is 13.0. The molecule has 1 aliphatic rings. The lowest BCUT2D eigenvalue weighted by Crippen LogP contribution is -2.27. The van der Waals surface area contributed by atoms with Crippen molar-refractivity contribution >= 4 is 21.7 Å². The van der Waals surface area contributed by atoms with Gasteiger partial charge in [0, 0.05) is 12.1 Å². The number of hydrogen-bond acceptors (Lipinski definition) is 4. The maximum Gasteiger partial charge on any atom is 0.244 e. The third-order valence-electron chi connectivity index (χ3n) is 5.07. The third-order valence-corrected chi connectivity index (χ3v) is 7.03. The zero-order valence-electron chi connectivity index (χ0n) is 16.3. The number of nitrogens with zero attached hydrogens (tertiary/aromatic N) is 2. The number of anilines is 1. The topological polar surface area (TPSA) is 95.2 Å². The van der Waals surface area contributed by atoms with Gasteiger partial charge in [0.1, 0.15) is 5.82 Å². The molecule has 1 amide bonds. The molecule has 2 N–H and O–H groups in total. The van der Waals surface area contributed by atoms with Gasteiger partial charge in [-0.05, 0) is 31.0 Å². The number of nitrogens with one attached hydrogen (secondary N) is 2. The van der Waals surface area contributed by atoms with E-state index in [1.165, 1.54) is 4.31 Å². The van der Waals surface area contributed by atoms with E-state index in [-0.39, 0.29) is 25.4 Å². The molecule has 0 saturated carbocycles. The van der Waals surface area contributed by atoms with E-state index in [4.69, 9.17) is 0 Å². The lowest BCUT2D eigenvalue weighted by molar-refractivity contribution is -0.115. The molecule has 0 saturated heterocycles. The highest BCUT2D eigenvalue weighted by molar-refractivity contribution is 7.89. The zero-order valence-corrected chi connectivity index (χ0v) is 17.1. The summed E-state index contributed by atoms with van der Waals surface area (Å²) in [5.41, 5.74) is 4.08. The van der Waals surface area contributed by atoms with Crippen molar-refractivity contribution in [3.63, 3.8) is 0 Å². The Labute approximate surface area is 169 Å². The number of hydrogen-bond donors (Lipinski definition) is 2. The molecule has 0 atom stereocenters. The molecular weight excluding hydrogens is 388 g/mol. The molecule has 2 aromatic carbocycles. The number of rotatable bonds is 5. The van der Waals surface area contributed by atoms with Crippen LogP contribution in [0.4, 0.5) is 5.82 Å². The second-order valence-corrected chi connectivity index (χ2v) is 9.18. The van der Waals surface area contributed by atoms with E-state index >= 15 is 0 Å². The lowest BCUT2D eigenvalue weighted by Gasteiger charge is -2.17. The van der Waals surface area contributed by atoms with Gasteiger partial charge in [-0.15, -0.1) is 0 Å². The molecule has 29 heavy (non-hydrogen) atoms. The molecule has 0 aliphatic carbocycles. The smallest absolute Gasteiger partial charge is 0.244 e. The second-order valence-electron chi connectivity index (χ2n) is 7.27. The quantitative estimate of drug-likeness (QED) is 0.676. The Bertz CT molecular complexity index is 1170. The lowest BCUT2D eigenvalue weighted by atomic mass is 10.1. The molecule has 0 unspecified atom stereocenters. The minimum atomic E-state index is -3.64. The van der Waals surface area contributed by atoms with E-state index in [0.29, 0.717) is 27.5 Å². The Morgan fingerprint density at radius 2 is 1.83 bits per heavy atom. The average molecular weight is 410 g/mol. The summed E-state index contributed by atoms with van der Waals surface area (Å²) in [5.74, 6) is 0.278. The van der Waals surface area contributed by atoms with Gasteiger partial charge in [-0.25, -0.2) is 8.42 Å². The predicted molar refractivity (Wildman–Crippen MR) is 110 cm³/mol. The first kappa shape index (κ1) is 19.4. The molecule has 0 fully saturated rings. The summed E-state index contributed by atoms with van der Waals surface area (Å²) in [6, 6.07) is 14.7. The van der Waals surface area contributed by atoms with Crippen molar-refractivity contribution in [1.82, 2.24) is 14.5 Å². The zero-order chi connectivity index (χ0) is 20.6. The monoisotopic (exact) mass is 410 g/mol. The van der Waals surface area contributed by atoms with Crippen molar-refractivity contribution in [3.05, 3.63) is 76.5 Å². The minimum Gasteiger partial charge on any atom is -0.311 e. The molecule has 1 aromatic heterocycles. The third kappa shape index (κ3) is 3.81. The van der Waals surface area contributed by atoms with Gasteiger partial charge in [0.05, 0.1) is 23.6 Å². The second kappa shape index (κ2) is 7.46. The number of carbonyl (C=O) groups excluding carboxylic acids is 1. The van der Waals surface area contributed by atoms with E-state index in [1.54, 1.807) is 25.1 Å². The van der Waals surface area contributed by atoms with Gasteiger partial charge in [0.15, 0.2) is 0 Å². The fourth-order valence-electron chi connectivity index (χ4n) is 3.44. The van der Waals surface area contributed by atoms with E-state index in [0.717, 1.165) is 11.1 Å². The highest BCUT2D eigenvalue weighted by Crippen LogP contribution is 2.32. The fourth-order valence-corrected chi connectivity index (χ4v) is 5.03. The molecule has 150 valence electrons. The molecule has 0 bridgehead atoms. The van der Waals surface area contributed by atoms with Crippen LogP contribution in [0, 0.1) is 13.8 Å². The van der Waals surface area contributed by atoms with Crippen LogP contribution >= 0.6 is 0 Å². The molecule has 8 heteroatoms. The van der Waals surface area contributed by atoms with Gasteiger partial charge in [0.2, 0.25) is 15.9 Å². The fraction of sp³-hybridized carbons (Fsp3) is 0.238. The van der Waals surface area contributed by atoms with Crippen LogP contribution in [0.15, 0.2) is 53.4 Å². The summed E-state index contributed by atoms with van der Waals surface area (Å²) in [6.07, 6.45) is 0.235. The number of aryl methyl sites for hydroxylation is 2. The summed E-state index contributed by atoms with van der Waals surface area (Å²) in [7, 11) is -3.64. The SMILES string of the molecule is Cc1ccc(CC(=O)Nc2[nH]nc3c2CN(S(=O)(=O)c2ccccc2C)C3)cc1. The summed E-state index contributed by atoms with van der Waals surface area (Å²) in [5, 5.41) is 9.85. The van der Waals surface area contributed by atoms with Gasteiger partial charge >= 0.3 is 0 Å². The molecule has 2 heterocycles. The largest absolute Gasteiger partial charge is 0.311 e. The van der Waals surface area contributed by atoms with Crippen molar-refractivity contribution in [2.45, 2.75) is 38.3 Å². The summed E-state index contributed by atoms with van der Waals surface area (Å²) < 4.78 is 27.4. The Kier molecular flexibility index (Phi) is 4.97. The van der Waals surface area contributed by atoms with E-state index in [2.05, 4.69) is 15.5 Å². The molecule has 0 radical (unpaired) electrons. The Hall–Kier alpha value is -2.97. The number of fused-ring (bicyclic) bond motifs is 1. The van der Waals surface area contributed by atoms with Crippen LogP contribution in [0.1, 0.15) is 27.9 Å². The standard InChI is InChI=1S/C21H22N4O3S/c1-14-7-9-16(10-8-14)11-20(26)22-21-17-12-25(13-18(17)23-24-21)29(27,28)19-6-4-3-5-15(19)2/h3-10H,11-13H2,1-2H3,(H2,22,23,24,26).